The van der Waals surface area contributed by atoms with E-state index in [-0.39, 0.29) is 5.91 Å². The van der Waals surface area contributed by atoms with Gasteiger partial charge in [0, 0.05) is 24.2 Å². The van der Waals surface area contributed by atoms with Gasteiger partial charge in [-0.15, -0.1) is 11.3 Å². The summed E-state index contributed by atoms with van der Waals surface area (Å²) in [5.41, 5.74) is 1.88. The van der Waals surface area contributed by atoms with Crippen molar-refractivity contribution in [2.45, 2.75) is 25.2 Å². The number of thiophene rings is 1. The highest BCUT2D eigenvalue weighted by atomic mass is 32.1. The first-order valence-corrected chi connectivity index (χ1v) is 8.41. The van der Waals surface area contributed by atoms with Crippen molar-refractivity contribution in [2.75, 3.05) is 11.9 Å². The van der Waals surface area contributed by atoms with Crippen molar-refractivity contribution in [1.82, 2.24) is 4.98 Å². The quantitative estimate of drug-likeness (QED) is 0.717. The summed E-state index contributed by atoms with van der Waals surface area (Å²) in [6.07, 6.45) is 0.821. The molecule has 114 valence electrons. The molecule has 0 bridgehead atoms. The molecule has 1 aliphatic rings. The predicted octanol–water partition coefficient (Wildman–Crippen LogP) is 3.99. The first-order valence-electron chi connectivity index (χ1n) is 7.53. The average molecular weight is 321 g/mol. The molecular weight excluding hydrogens is 306 g/mol. The van der Waals surface area contributed by atoms with Gasteiger partial charge < -0.3 is 4.90 Å². The second kappa shape index (κ2) is 4.77. The molecule has 0 saturated carbocycles. The average Bonchev–Trinajstić information content (AvgIpc) is 3.04. The number of nitrogens with zero attached hydrogens (tertiary/aromatic N) is 3. The number of aromatic nitrogens is 1. The van der Waals surface area contributed by atoms with E-state index in [0.29, 0.717) is 12.8 Å². The maximum absolute atomic E-state index is 13.0. The zero-order chi connectivity index (χ0) is 16.2. The summed E-state index contributed by atoms with van der Waals surface area (Å²) in [6.45, 7) is 1.92. The lowest BCUT2D eigenvalue weighted by Gasteiger charge is -2.38. The van der Waals surface area contributed by atoms with Crippen LogP contribution in [0.25, 0.3) is 21.0 Å². The fourth-order valence-corrected chi connectivity index (χ4v) is 4.40. The highest BCUT2D eigenvalue weighted by Gasteiger charge is 2.44. The van der Waals surface area contributed by atoms with Crippen LogP contribution in [0.2, 0.25) is 0 Å². The lowest BCUT2D eigenvalue weighted by atomic mass is 9.76. The molecule has 0 radical (unpaired) electrons. The molecule has 0 N–H and O–H groups in total. The molecule has 4 nitrogen and oxygen atoms in total. The first kappa shape index (κ1) is 14.2. The number of amides is 1. The maximum Gasteiger partial charge on any atom is 0.238 e. The lowest BCUT2D eigenvalue weighted by Crippen LogP contribution is -2.47. The van der Waals surface area contributed by atoms with Crippen LogP contribution in [-0.2, 0) is 10.2 Å². The number of fused-ring (bicyclic) bond motifs is 2. The van der Waals surface area contributed by atoms with E-state index < -0.39 is 5.41 Å². The lowest BCUT2D eigenvalue weighted by molar-refractivity contribution is -0.123. The summed E-state index contributed by atoms with van der Waals surface area (Å²) in [5, 5.41) is 13.2. The van der Waals surface area contributed by atoms with Crippen LogP contribution in [0.15, 0.2) is 29.6 Å². The van der Waals surface area contributed by atoms with Gasteiger partial charge in [-0.1, -0.05) is 12.1 Å². The summed E-state index contributed by atoms with van der Waals surface area (Å²) in [5.74, 6) is 0.00910. The minimum absolute atomic E-state index is 0.00910. The Balaban J connectivity index is 2.16. The van der Waals surface area contributed by atoms with Crippen LogP contribution >= 0.6 is 11.3 Å². The number of nitriles is 1. The maximum atomic E-state index is 13.0. The van der Waals surface area contributed by atoms with Gasteiger partial charge in [0.2, 0.25) is 5.91 Å². The second-order valence-corrected chi connectivity index (χ2v) is 7.07. The molecule has 1 unspecified atom stereocenters. The van der Waals surface area contributed by atoms with Gasteiger partial charge in [-0.2, -0.15) is 5.26 Å². The standard InChI is InChI=1S/C18H15N3OS/c1-18(8-4-9-19)16-14-11(15-12(20-16)7-10-23-15)5-3-6-13(14)21(2)17(18)22/h3,5-7,10H,4,8H2,1-2H3. The van der Waals surface area contributed by atoms with Gasteiger partial charge >= 0.3 is 0 Å². The van der Waals surface area contributed by atoms with Crippen molar-refractivity contribution in [3.8, 4) is 6.07 Å². The normalized spacial score (nSPS) is 20.2. The smallest absolute Gasteiger partial charge is 0.238 e. The van der Waals surface area contributed by atoms with E-state index in [9.17, 15) is 4.79 Å². The number of pyridine rings is 1. The number of anilines is 1. The monoisotopic (exact) mass is 321 g/mol. The molecule has 0 fully saturated rings. The van der Waals surface area contributed by atoms with E-state index >= 15 is 0 Å². The minimum Gasteiger partial charge on any atom is -0.314 e. The fraction of sp³-hybridized carbons (Fsp3) is 0.278. The molecule has 1 amide bonds. The highest BCUT2D eigenvalue weighted by molar-refractivity contribution is 7.18. The molecule has 1 atom stereocenters. The van der Waals surface area contributed by atoms with E-state index in [1.54, 1.807) is 16.2 Å². The molecule has 5 heteroatoms. The highest BCUT2D eigenvalue weighted by Crippen LogP contribution is 2.46. The van der Waals surface area contributed by atoms with Gasteiger partial charge in [0.05, 0.1) is 33.1 Å². The van der Waals surface area contributed by atoms with E-state index in [2.05, 4.69) is 12.1 Å². The number of hydrogen-bond donors (Lipinski definition) is 0. The molecule has 23 heavy (non-hydrogen) atoms. The second-order valence-electron chi connectivity index (χ2n) is 6.15. The summed E-state index contributed by atoms with van der Waals surface area (Å²) in [4.78, 5) is 19.6. The summed E-state index contributed by atoms with van der Waals surface area (Å²) >= 11 is 1.67. The van der Waals surface area contributed by atoms with Gasteiger partial charge in [0.1, 0.15) is 0 Å². The van der Waals surface area contributed by atoms with Crippen molar-refractivity contribution in [3.05, 3.63) is 35.3 Å². The molecule has 0 saturated heterocycles. The Morgan fingerprint density at radius 2 is 2.22 bits per heavy atom. The first-order chi connectivity index (χ1) is 11.1. The Kier molecular flexibility index (Phi) is 2.94. The third kappa shape index (κ3) is 1.76. The predicted molar refractivity (Wildman–Crippen MR) is 92.7 cm³/mol. The van der Waals surface area contributed by atoms with Crippen LogP contribution in [0.4, 0.5) is 5.69 Å². The van der Waals surface area contributed by atoms with E-state index in [0.717, 1.165) is 32.4 Å². The molecule has 4 rings (SSSR count). The molecule has 3 heterocycles. The molecule has 1 aromatic carbocycles. The summed E-state index contributed by atoms with van der Waals surface area (Å²) in [6, 6.07) is 10.2. The van der Waals surface area contributed by atoms with Gasteiger partial charge in [-0.05, 0) is 30.9 Å². The number of likely N-dealkylation sites (N-methyl/N-ethyl adjacent to an activating group) is 1. The van der Waals surface area contributed by atoms with E-state index in [1.165, 1.54) is 0 Å². The largest absolute Gasteiger partial charge is 0.314 e. The van der Waals surface area contributed by atoms with Crippen LogP contribution in [0, 0.1) is 11.3 Å². The van der Waals surface area contributed by atoms with Crippen molar-refractivity contribution in [2.24, 2.45) is 0 Å². The zero-order valence-corrected chi connectivity index (χ0v) is 13.8. The topological polar surface area (TPSA) is 57.0 Å². The third-order valence-corrected chi connectivity index (χ3v) is 5.73. The van der Waals surface area contributed by atoms with Gasteiger partial charge in [0.15, 0.2) is 0 Å². The van der Waals surface area contributed by atoms with Crippen LogP contribution in [0.1, 0.15) is 25.5 Å². The summed E-state index contributed by atoms with van der Waals surface area (Å²) in [7, 11) is 1.81. The zero-order valence-electron chi connectivity index (χ0n) is 13.0. The molecule has 3 aromatic rings. The van der Waals surface area contributed by atoms with Crippen molar-refractivity contribution in [3.63, 3.8) is 0 Å². The number of carbonyl (C=O) groups excluding carboxylic acids is 1. The molecule has 0 aliphatic carbocycles. The number of benzene rings is 1. The van der Waals surface area contributed by atoms with Crippen molar-refractivity contribution < 1.29 is 4.79 Å². The van der Waals surface area contributed by atoms with Gasteiger partial charge in [-0.25, -0.2) is 0 Å². The summed E-state index contributed by atoms with van der Waals surface area (Å²) < 4.78 is 1.15. The molecule has 1 aliphatic heterocycles. The van der Waals surface area contributed by atoms with Crippen molar-refractivity contribution >= 4 is 43.9 Å². The Morgan fingerprint density at radius 3 is 3.00 bits per heavy atom. The Bertz CT molecular complexity index is 1000. The van der Waals surface area contributed by atoms with Crippen LogP contribution in [0.5, 0.6) is 0 Å². The number of rotatable bonds is 2. The third-order valence-electron chi connectivity index (χ3n) is 4.80. The SMILES string of the molecule is CN1C(=O)C(C)(CCC#N)c2nc3ccsc3c3cccc1c23. The molecule has 0 spiro atoms. The number of hydrogen-bond acceptors (Lipinski definition) is 4. The molecular formula is C18H15N3OS. The number of carbonyl (C=O) groups is 1. The Hall–Kier alpha value is -2.45. The minimum atomic E-state index is -0.757. The Labute approximate surface area is 138 Å². The van der Waals surface area contributed by atoms with Gasteiger partial charge in [-0.3, -0.25) is 9.78 Å². The fourth-order valence-electron chi connectivity index (χ4n) is 3.54. The van der Waals surface area contributed by atoms with E-state index in [4.69, 9.17) is 10.2 Å². The van der Waals surface area contributed by atoms with Crippen LogP contribution < -0.4 is 4.90 Å². The van der Waals surface area contributed by atoms with Crippen molar-refractivity contribution in [1.29, 1.82) is 5.26 Å². The van der Waals surface area contributed by atoms with Gasteiger partial charge in [0.25, 0.3) is 0 Å². The van der Waals surface area contributed by atoms with E-state index in [1.807, 2.05) is 37.6 Å². The molecule has 2 aromatic heterocycles. The van der Waals surface area contributed by atoms with Crippen LogP contribution in [0.3, 0.4) is 0 Å². The Morgan fingerprint density at radius 1 is 1.39 bits per heavy atom. The van der Waals surface area contributed by atoms with Crippen LogP contribution in [-0.4, -0.2) is 17.9 Å².